The number of ketones is 1. The van der Waals surface area contributed by atoms with Crippen LogP contribution in [0.1, 0.15) is 79.6 Å². The molecule has 0 amide bonds. The van der Waals surface area contributed by atoms with Crippen LogP contribution in [0.3, 0.4) is 0 Å². The van der Waals surface area contributed by atoms with E-state index in [1.165, 1.54) is 26.2 Å². The Balaban J connectivity index is 1.61. The predicted molar refractivity (Wildman–Crippen MR) is 119 cm³/mol. The molecular weight excluding hydrogens is 380 g/mol. The highest BCUT2D eigenvalue weighted by Gasteiger charge is 2.62. The quantitative estimate of drug-likeness (QED) is 0.426. The Bertz CT molecular complexity index is 715. The van der Waals surface area contributed by atoms with Gasteiger partial charge < -0.3 is 4.74 Å². The van der Waals surface area contributed by atoms with E-state index in [1.54, 1.807) is 5.57 Å². The van der Waals surface area contributed by atoms with Crippen LogP contribution in [0.15, 0.2) is 11.6 Å². The molecule has 3 saturated carbocycles. The number of carbonyl (C=O) groups is 2. The molecular formula is C25H38O3S. The zero-order chi connectivity index (χ0) is 21.0. The number of hydrogen-bond donors (Lipinski definition) is 0. The molecule has 0 N–H and O–H groups in total. The summed E-state index contributed by atoms with van der Waals surface area (Å²) in [7, 11) is 0. The monoisotopic (exact) mass is 418 g/mol. The maximum atomic E-state index is 12.7. The second kappa shape index (κ2) is 7.73. The van der Waals surface area contributed by atoms with E-state index in [0.717, 1.165) is 37.4 Å². The summed E-state index contributed by atoms with van der Waals surface area (Å²) >= 11 is 2.02. The first-order valence-corrected chi connectivity index (χ1v) is 12.7. The van der Waals surface area contributed by atoms with Crippen LogP contribution in [-0.2, 0) is 14.3 Å². The summed E-state index contributed by atoms with van der Waals surface area (Å²) in [5.41, 5.74) is 1.97. The lowest BCUT2D eigenvalue weighted by atomic mass is 9.47. The van der Waals surface area contributed by atoms with Crippen molar-refractivity contribution in [3.8, 4) is 0 Å². The number of carbonyl (C=O) groups excluding carboxylic acids is 2. The highest BCUT2D eigenvalue weighted by Crippen LogP contribution is 2.67. The summed E-state index contributed by atoms with van der Waals surface area (Å²) in [6.45, 7) is 10.5. The minimum Gasteiger partial charge on any atom is -0.462 e. The molecule has 0 aliphatic heterocycles. The third-order valence-corrected chi connectivity index (χ3v) is 10.4. The number of ether oxygens (including phenoxy) is 1. The molecule has 8 atom stereocenters. The Morgan fingerprint density at radius 1 is 1.17 bits per heavy atom. The van der Waals surface area contributed by atoms with Crippen LogP contribution in [0.4, 0.5) is 0 Å². The van der Waals surface area contributed by atoms with Gasteiger partial charge in [0.05, 0.1) is 0 Å². The highest BCUT2D eigenvalue weighted by atomic mass is 32.2. The van der Waals surface area contributed by atoms with Crippen molar-refractivity contribution in [2.24, 2.45) is 34.5 Å². The molecule has 0 heterocycles. The van der Waals surface area contributed by atoms with Crippen LogP contribution in [-0.4, -0.2) is 28.9 Å². The molecule has 4 rings (SSSR count). The second-order valence-electron chi connectivity index (χ2n) is 10.6. The number of allylic oxidation sites excluding steroid dienone is 1. The number of esters is 1. The van der Waals surface area contributed by atoms with E-state index < -0.39 is 0 Å². The number of hydrogen-bond acceptors (Lipinski definition) is 4. The molecule has 162 valence electrons. The molecule has 3 fully saturated rings. The van der Waals surface area contributed by atoms with Crippen LogP contribution in [0, 0.1) is 34.5 Å². The topological polar surface area (TPSA) is 43.4 Å². The first kappa shape index (κ1) is 21.5. The zero-order valence-electron chi connectivity index (χ0n) is 18.8. The summed E-state index contributed by atoms with van der Waals surface area (Å²) < 4.78 is 5.57. The van der Waals surface area contributed by atoms with Crippen molar-refractivity contribution in [1.29, 1.82) is 0 Å². The Morgan fingerprint density at radius 2 is 1.93 bits per heavy atom. The molecule has 8 unspecified atom stereocenters. The Hall–Kier alpha value is -0.770. The molecule has 3 nitrogen and oxygen atoms in total. The van der Waals surface area contributed by atoms with Gasteiger partial charge in [0.2, 0.25) is 0 Å². The standard InChI is InChI=1S/C25H38O3S/c1-6-29-22-14-21-19-8-7-17-13-18(28-16(3)27)9-11-24(17,4)20(19)10-12-25(21,5)23(22)15(2)26/h7,18-23H,6,8-14H2,1-5H3. The lowest BCUT2D eigenvalue weighted by molar-refractivity contribution is -0.149. The molecule has 0 aromatic heterocycles. The molecule has 0 bridgehead atoms. The predicted octanol–water partition coefficient (Wildman–Crippen LogP) is 5.82. The Morgan fingerprint density at radius 3 is 2.59 bits per heavy atom. The van der Waals surface area contributed by atoms with Gasteiger partial charge in [-0.25, -0.2) is 0 Å². The summed E-state index contributed by atoms with van der Waals surface area (Å²) in [4.78, 5) is 24.1. The van der Waals surface area contributed by atoms with Crippen molar-refractivity contribution in [2.45, 2.75) is 90.9 Å². The molecule has 0 aromatic rings. The van der Waals surface area contributed by atoms with Crippen LogP contribution in [0.25, 0.3) is 0 Å². The van der Waals surface area contributed by atoms with Crippen LogP contribution in [0.2, 0.25) is 0 Å². The van der Waals surface area contributed by atoms with Crippen LogP contribution in [0.5, 0.6) is 0 Å². The van der Waals surface area contributed by atoms with E-state index >= 15 is 0 Å². The summed E-state index contributed by atoms with van der Waals surface area (Å²) in [6, 6.07) is 0. The lowest BCUT2D eigenvalue weighted by Crippen LogP contribution is -2.51. The highest BCUT2D eigenvalue weighted by molar-refractivity contribution is 7.99. The van der Waals surface area contributed by atoms with Gasteiger partial charge in [-0.1, -0.05) is 32.4 Å². The molecule has 0 aromatic carbocycles. The molecule has 0 radical (unpaired) electrons. The van der Waals surface area contributed by atoms with Gasteiger partial charge in [-0.05, 0) is 79.8 Å². The first-order valence-electron chi connectivity index (χ1n) is 11.7. The Labute approximate surface area is 180 Å². The van der Waals surface area contributed by atoms with Crippen molar-refractivity contribution in [2.75, 3.05) is 5.75 Å². The van der Waals surface area contributed by atoms with Gasteiger partial charge in [-0.15, -0.1) is 0 Å². The van der Waals surface area contributed by atoms with Gasteiger partial charge in [-0.2, -0.15) is 11.8 Å². The zero-order valence-corrected chi connectivity index (χ0v) is 19.6. The summed E-state index contributed by atoms with van der Waals surface area (Å²) in [6.07, 6.45) is 10.4. The molecule has 0 saturated heterocycles. The molecule has 4 aliphatic rings. The minimum atomic E-state index is -0.151. The van der Waals surface area contributed by atoms with E-state index in [0.29, 0.717) is 22.9 Å². The van der Waals surface area contributed by atoms with Crippen molar-refractivity contribution in [3.05, 3.63) is 11.6 Å². The van der Waals surface area contributed by atoms with E-state index in [1.807, 2.05) is 18.7 Å². The van der Waals surface area contributed by atoms with Crippen LogP contribution >= 0.6 is 11.8 Å². The normalized spacial score (nSPS) is 46.2. The van der Waals surface area contributed by atoms with E-state index in [9.17, 15) is 9.59 Å². The second-order valence-corrected chi connectivity index (χ2v) is 12.1. The van der Waals surface area contributed by atoms with Gasteiger partial charge >= 0.3 is 5.97 Å². The molecule has 0 spiro atoms. The lowest BCUT2D eigenvalue weighted by Gasteiger charge is -2.58. The fraction of sp³-hybridized carbons (Fsp3) is 0.840. The van der Waals surface area contributed by atoms with E-state index in [2.05, 4.69) is 26.8 Å². The average molecular weight is 419 g/mol. The smallest absolute Gasteiger partial charge is 0.302 e. The van der Waals surface area contributed by atoms with Gasteiger partial charge in [0, 0.05) is 24.5 Å². The fourth-order valence-electron chi connectivity index (χ4n) is 8.06. The van der Waals surface area contributed by atoms with Crippen molar-refractivity contribution in [1.82, 2.24) is 0 Å². The largest absolute Gasteiger partial charge is 0.462 e. The maximum absolute atomic E-state index is 12.7. The fourth-order valence-corrected chi connectivity index (χ4v) is 9.52. The molecule has 4 aliphatic carbocycles. The number of thioether (sulfide) groups is 1. The third-order valence-electron chi connectivity index (χ3n) is 9.22. The summed E-state index contributed by atoms with van der Waals surface area (Å²) in [5, 5.41) is 0.504. The molecule has 29 heavy (non-hydrogen) atoms. The first-order chi connectivity index (χ1) is 13.7. The third kappa shape index (κ3) is 3.42. The maximum Gasteiger partial charge on any atom is 0.302 e. The molecule has 4 heteroatoms. The van der Waals surface area contributed by atoms with Gasteiger partial charge in [0.25, 0.3) is 0 Å². The van der Waals surface area contributed by atoms with Crippen molar-refractivity contribution in [3.63, 3.8) is 0 Å². The van der Waals surface area contributed by atoms with Crippen molar-refractivity contribution < 1.29 is 14.3 Å². The minimum absolute atomic E-state index is 0.0659. The van der Waals surface area contributed by atoms with Gasteiger partial charge in [0.15, 0.2) is 0 Å². The number of rotatable bonds is 4. The van der Waals surface area contributed by atoms with Gasteiger partial charge in [0.1, 0.15) is 11.9 Å². The Kier molecular flexibility index (Phi) is 5.72. The van der Waals surface area contributed by atoms with E-state index in [4.69, 9.17) is 4.74 Å². The van der Waals surface area contributed by atoms with Gasteiger partial charge in [-0.3, -0.25) is 9.59 Å². The summed E-state index contributed by atoms with van der Waals surface area (Å²) in [5.74, 6) is 3.69. The number of fused-ring (bicyclic) bond motifs is 5. The number of Topliss-reactive ketones (excluding diaryl/α,β-unsaturated/α-hetero) is 1. The van der Waals surface area contributed by atoms with Crippen LogP contribution < -0.4 is 0 Å². The SMILES string of the molecule is CCSC1CC2C3CC=C4CC(OC(C)=O)CCC4(C)C3CCC2(C)C1C(C)=O. The van der Waals surface area contributed by atoms with E-state index in [-0.39, 0.29) is 28.8 Å². The van der Waals surface area contributed by atoms with Crippen molar-refractivity contribution >= 4 is 23.5 Å². The average Bonchev–Trinajstić information content (AvgIpc) is 2.94.